The van der Waals surface area contributed by atoms with E-state index in [1.54, 1.807) is 21.3 Å². The van der Waals surface area contributed by atoms with Crippen molar-refractivity contribution >= 4 is 6.08 Å². The minimum absolute atomic E-state index is 0.211. The van der Waals surface area contributed by atoms with Gasteiger partial charge < -0.3 is 18.9 Å². The van der Waals surface area contributed by atoms with Gasteiger partial charge in [0.2, 0.25) is 0 Å². The molecule has 0 aliphatic heterocycles. The SMILES string of the molecule is COCOc1cc(OC)ccc1C/C=C/c1ccc(OC)cc1. The molecule has 0 aromatic heterocycles. The second-order valence-corrected chi connectivity index (χ2v) is 4.90. The van der Waals surface area contributed by atoms with Crippen LogP contribution in [-0.4, -0.2) is 28.1 Å². The minimum Gasteiger partial charge on any atom is -0.497 e. The number of ether oxygens (including phenoxy) is 4. The molecule has 0 heterocycles. The number of allylic oxidation sites excluding steroid dienone is 1. The van der Waals surface area contributed by atoms with Crippen LogP contribution < -0.4 is 14.2 Å². The van der Waals surface area contributed by atoms with Gasteiger partial charge in [-0.25, -0.2) is 0 Å². The third kappa shape index (κ3) is 5.04. The molecule has 2 rings (SSSR count). The van der Waals surface area contributed by atoms with E-state index in [2.05, 4.69) is 12.2 Å². The highest BCUT2D eigenvalue weighted by Gasteiger charge is 2.04. The Morgan fingerprint density at radius 2 is 1.57 bits per heavy atom. The van der Waals surface area contributed by atoms with Crippen LogP contribution in [0.25, 0.3) is 6.08 Å². The first-order valence-corrected chi connectivity index (χ1v) is 7.36. The summed E-state index contributed by atoms with van der Waals surface area (Å²) >= 11 is 0. The fourth-order valence-corrected chi connectivity index (χ4v) is 2.12. The van der Waals surface area contributed by atoms with Crippen molar-refractivity contribution < 1.29 is 18.9 Å². The molecule has 0 fully saturated rings. The first-order valence-electron chi connectivity index (χ1n) is 7.36. The van der Waals surface area contributed by atoms with E-state index in [1.165, 1.54) is 0 Å². The summed E-state index contributed by atoms with van der Waals surface area (Å²) < 4.78 is 21.0. The lowest BCUT2D eigenvalue weighted by Crippen LogP contribution is -2.01. The van der Waals surface area contributed by atoms with Crippen molar-refractivity contribution in [3.63, 3.8) is 0 Å². The van der Waals surface area contributed by atoms with E-state index in [9.17, 15) is 0 Å². The highest BCUT2D eigenvalue weighted by molar-refractivity contribution is 5.52. The fraction of sp³-hybridized carbons (Fsp3) is 0.263. The number of hydrogen-bond donors (Lipinski definition) is 0. The van der Waals surface area contributed by atoms with Crippen molar-refractivity contribution in [3.05, 3.63) is 59.7 Å². The van der Waals surface area contributed by atoms with E-state index >= 15 is 0 Å². The molecule has 0 atom stereocenters. The van der Waals surface area contributed by atoms with Crippen LogP contribution in [0, 0.1) is 0 Å². The first kappa shape index (κ1) is 16.9. The Morgan fingerprint density at radius 1 is 0.870 bits per heavy atom. The minimum atomic E-state index is 0.211. The molecule has 122 valence electrons. The van der Waals surface area contributed by atoms with Crippen molar-refractivity contribution in [3.8, 4) is 17.2 Å². The van der Waals surface area contributed by atoms with Gasteiger partial charge in [-0.1, -0.05) is 30.4 Å². The zero-order valence-corrected chi connectivity index (χ0v) is 13.7. The van der Waals surface area contributed by atoms with Crippen molar-refractivity contribution in [1.29, 1.82) is 0 Å². The Labute approximate surface area is 137 Å². The molecule has 0 saturated heterocycles. The molecule has 0 unspecified atom stereocenters. The van der Waals surface area contributed by atoms with Crippen LogP contribution in [-0.2, 0) is 11.2 Å². The van der Waals surface area contributed by atoms with Gasteiger partial charge in [-0.15, -0.1) is 0 Å². The van der Waals surface area contributed by atoms with Gasteiger partial charge in [0, 0.05) is 13.2 Å². The summed E-state index contributed by atoms with van der Waals surface area (Å²) in [4.78, 5) is 0. The highest BCUT2D eigenvalue weighted by Crippen LogP contribution is 2.26. The van der Waals surface area contributed by atoms with Gasteiger partial charge in [0.15, 0.2) is 6.79 Å². The second-order valence-electron chi connectivity index (χ2n) is 4.90. The molecule has 2 aromatic rings. The highest BCUT2D eigenvalue weighted by atomic mass is 16.7. The van der Waals surface area contributed by atoms with Gasteiger partial charge in [0.05, 0.1) is 14.2 Å². The Morgan fingerprint density at radius 3 is 2.22 bits per heavy atom. The van der Waals surface area contributed by atoms with Crippen molar-refractivity contribution in [1.82, 2.24) is 0 Å². The summed E-state index contributed by atoms with van der Waals surface area (Å²) in [5, 5.41) is 0. The lowest BCUT2D eigenvalue weighted by Gasteiger charge is -2.11. The number of methoxy groups -OCH3 is 3. The second kappa shape index (κ2) is 8.86. The van der Waals surface area contributed by atoms with Crippen LogP contribution in [0.3, 0.4) is 0 Å². The smallest absolute Gasteiger partial charge is 0.188 e. The average Bonchev–Trinajstić information content (AvgIpc) is 2.61. The average molecular weight is 314 g/mol. The maximum atomic E-state index is 5.61. The Kier molecular flexibility index (Phi) is 6.51. The standard InChI is InChI=1S/C19H22O4/c1-20-14-23-19-13-18(22-3)12-9-16(19)6-4-5-15-7-10-17(21-2)11-8-15/h4-5,7-13H,6,14H2,1-3H3/b5-4+. The molecular weight excluding hydrogens is 292 g/mol. The van der Waals surface area contributed by atoms with Crippen LogP contribution in [0.5, 0.6) is 17.2 Å². The number of benzene rings is 2. The van der Waals surface area contributed by atoms with Crippen LogP contribution in [0.4, 0.5) is 0 Å². The van der Waals surface area contributed by atoms with Crippen molar-refractivity contribution in [2.24, 2.45) is 0 Å². The molecule has 2 aromatic carbocycles. The summed E-state index contributed by atoms with van der Waals surface area (Å²) in [5.74, 6) is 2.39. The monoisotopic (exact) mass is 314 g/mol. The van der Waals surface area contributed by atoms with Gasteiger partial charge in [0.1, 0.15) is 17.2 Å². The van der Waals surface area contributed by atoms with E-state index in [0.717, 1.165) is 34.8 Å². The van der Waals surface area contributed by atoms with Crippen molar-refractivity contribution in [2.75, 3.05) is 28.1 Å². The summed E-state index contributed by atoms with van der Waals surface area (Å²) in [6.07, 6.45) is 4.93. The summed E-state index contributed by atoms with van der Waals surface area (Å²) in [5.41, 5.74) is 2.20. The van der Waals surface area contributed by atoms with E-state index in [4.69, 9.17) is 18.9 Å². The van der Waals surface area contributed by atoms with E-state index in [0.29, 0.717) is 0 Å². The van der Waals surface area contributed by atoms with E-state index in [-0.39, 0.29) is 6.79 Å². The Hall–Kier alpha value is -2.46. The van der Waals surface area contributed by atoms with Crippen molar-refractivity contribution in [2.45, 2.75) is 6.42 Å². The molecule has 0 N–H and O–H groups in total. The molecule has 0 radical (unpaired) electrons. The normalized spacial score (nSPS) is 10.7. The topological polar surface area (TPSA) is 36.9 Å². The summed E-state index contributed by atoms with van der Waals surface area (Å²) in [7, 11) is 4.90. The first-order chi connectivity index (χ1) is 11.3. The lowest BCUT2D eigenvalue weighted by molar-refractivity contribution is 0.0504. The zero-order chi connectivity index (χ0) is 16.5. The van der Waals surface area contributed by atoms with Crippen LogP contribution in [0.15, 0.2) is 48.5 Å². The summed E-state index contributed by atoms with van der Waals surface area (Å²) in [6, 6.07) is 13.7. The molecule has 0 saturated carbocycles. The fourth-order valence-electron chi connectivity index (χ4n) is 2.12. The largest absolute Gasteiger partial charge is 0.497 e. The maximum Gasteiger partial charge on any atom is 0.188 e. The van der Waals surface area contributed by atoms with Gasteiger partial charge in [-0.2, -0.15) is 0 Å². The molecular formula is C19H22O4. The van der Waals surface area contributed by atoms with Gasteiger partial charge in [-0.05, 0) is 35.7 Å². The molecule has 0 aliphatic rings. The third-order valence-electron chi connectivity index (χ3n) is 3.37. The zero-order valence-electron chi connectivity index (χ0n) is 13.7. The molecule has 0 amide bonds. The number of rotatable bonds is 8. The van der Waals surface area contributed by atoms with Gasteiger partial charge in [0.25, 0.3) is 0 Å². The van der Waals surface area contributed by atoms with Crippen LogP contribution in [0.2, 0.25) is 0 Å². The van der Waals surface area contributed by atoms with E-state index < -0.39 is 0 Å². The quantitative estimate of drug-likeness (QED) is 0.692. The predicted octanol–water partition coefficient (Wildman–Crippen LogP) is 3.94. The molecule has 4 heteroatoms. The van der Waals surface area contributed by atoms with Gasteiger partial charge in [-0.3, -0.25) is 0 Å². The predicted molar refractivity (Wildman–Crippen MR) is 91.2 cm³/mol. The third-order valence-corrected chi connectivity index (χ3v) is 3.37. The van der Waals surface area contributed by atoms with Crippen LogP contribution >= 0.6 is 0 Å². The summed E-state index contributed by atoms with van der Waals surface area (Å²) in [6.45, 7) is 0.211. The van der Waals surface area contributed by atoms with Gasteiger partial charge >= 0.3 is 0 Å². The van der Waals surface area contributed by atoms with Crippen LogP contribution in [0.1, 0.15) is 11.1 Å². The maximum absolute atomic E-state index is 5.61. The molecule has 23 heavy (non-hydrogen) atoms. The number of hydrogen-bond acceptors (Lipinski definition) is 4. The molecule has 0 bridgehead atoms. The molecule has 0 spiro atoms. The van der Waals surface area contributed by atoms with E-state index in [1.807, 2.05) is 42.5 Å². The molecule has 0 aliphatic carbocycles. The Bertz CT molecular complexity index is 632. The molecule has 4 nitrogen and oxygen atoms in total. The Balaban J connectivity index is 2.07. The lowest BCUT2D eigenvalue weighted by atomic mass is 10.1.